The van der Waals surface area contributed by atoms with E-state index in [-0.39, 0.29) is 11.0 Å². The Labute approximate surface area is 119 Å². The molecule has 0 spiro atoms. The third-order valence-corrected chi connectivity index (χ3v) is 5.88. The van der Waals surface area contributed by atoms with Gasteiger partial charge >= 0.3 is 0 Å². The first-order valence-electron chi connectivity index (χ1n) is 6.31. The van der Waals surface area contributed by atoms with E-state index in [0.717, 1.165) is 12.8 Å². The lowest BCUT2D eigenvalue weighted by atomic mass is 10.1. The van der Waals surface area contributed by atoms with E-state index in [0.29, 0.717) is 6.42 Å². The molecule has 2 rings (SSSR count). The predicted molar refractivity (Wildman–Crippen MR) is 80.6 cm³/mol. The molecular weight excluding hydrogens is 280 g/mol. The highest BCUT2D eigenvalue weighted by Crippen LogP contribution is 2.22. The van der Waals surface area contributed by atoms with Crippen LogP contribution in [0.5, 0.6) is 0 Å². The normalized spacial score (nSPS) is 17.1. The highest BCUT2D eigenvalue weighted by Gasteiger charge is 2.31. The fourth-order valence-corrected chi connectivity index (χ4v) is 4.62. The van der Waals surface area contributed by atoms with Crippen LogP contribution in [-0.4, -0.2) is 24.7 Å². The van der Waals surface area contributed by atoms with Crippen LogP contribution in [0.3, 0.4) is 0 Å². The van der Waals surface area contributed by atoms with E-state index in [1.807, 2.05) is 24.3 Å². The van der Waals surface area contributed by atoms with Crippen molar-refractivity contribution in [2.45, 2.75) is 37.5 Å². The topological polar surface area (TPSA) is 72.2 Å². The second kappa shape index (κ2) is 5.56. The maximum Gasteiger partial charge on any atom is 0.221 e. The maximum atomic E-state index is 12.2. The third-order valence-electron chi connectivity index (χ3n) is 3.44. The fraction of sp³-hybridized carbons (Fsp3) is 0.462. The second-order valence-corrected chi connectivity index (χ2v) is 7.20. The minimum absolute atomic E-state index is 0.0329. The van der Waals surface area contributed by atoms with Gasteiger partial charge in [-0.25, -0.2) is 13.1 Å². The van der Waals surface area contributed by atoms with Crippen LogP contribution in [0.25, 0.3) is 0 Å². The number of nitrogens with two attached hydrogens (primary N) is 1. The number of hydrogen-bond donors (Lipinski definition) is 2. The van der Waals surface area contributed by atoms with Crippen molar-refractivity contribution in [3.8, 4) is 0 Å². The Bertz CT molecular complexity index is 559. The Morgan fingerprint density at radius 1 is 1.42 bits per heavy atom. The first-order valence-corrected chi connectivity index (χ1v) is 8.26. The van der Waals surface area contributed by atoms with Crippen LogP contribution < -0.4 is 10.5 Å². The summed E-state index contributed by atoms with van der Waals surface area (Å²) < 4.78 is 27.2. The maximum absolute atomic E-state index is 12.2. The van der Waals surface area contributed by atoms with Crippen molar-refractivity contribution in [1.29, 1.82) is 0 Å². The molecule has 3 N–H and O–H groups in total. The molecule has 19 heavy (non-hydrogen) atoms. The van der Waals surface area contributed by atoms with Gasteiger partial charge in [-0.3, -0.25) is 0 Å². The number of benzene rings is 1. The monoisotopic (exact) mass is 298 g/mol. The van der Waals surface area contributed by atoms with Gasteiger partial charge in [-0.2, -0.15) is 0 Å². The van der Waals surface area contributed by atoms with E-state index in [1.165, 1.54) is 11.1 Å². The zero-order valence-electron chi connectivity index (χ0n) is 10.8. The summed E-state index contributed by atoms with van der Waals surface area (Å²) in [6.07, 6.45) is 1.84. The van der Waals surface area contributed by atoms with Crippen LogP contribution >= 0.6 is 12.2 Å². The Kier molecular flexibility index (Phi) is 4.23. The van der Waals surface area contributed by atoms with Crippen molar-refractivity contribution in [1.82, 2.24) is 4.72 Å². The highest BCUT2D eigenvalue weighted by atomic mass is 32.2. The van der Waals surface area contributed by atoms with E-state index in [9.17, 15) is 8.42 Å². The summed E-state index contributed by atoms with van der Waals surface area (Å²) >= 11 is 4.83. The average molecular weight is 298 g/mol. The van der Waals surface area contributed by atoms with E-state index in [2.05, 4.69) is 4.72 Å². The molecule has 0 fully saturated rings. The van der Waals surface area contributed by atoms with Crippen molar-refractivity contribution < 1.29 is 8.42 Å². The average Bonchev–Trinajstić information content (AvgIpc) is 2.69. The number of nitrogens with one attached hydrogen (secondary N) is 1. The lowest BCUT2D eigenvalue weighted by Gasteiger charge is -2.18. The van der Waals surface area contributed by atoms with E-state index >= 15 is 0 Å². The Balaban J connectivity index is 2.10. The number of thiocarbonyl (C=S) groups is 1. The van der Waals surface area contributed by atoms with Crippen LogP contribution in [0.2, 0.25) is 0 Å². The van der Waals surface area contributed by atoms with Crippen LogP contribution in [-0.2, 0) is 22.9 Å². The molecular formula is C13H18N2O2S2. The molecule has 1 aliphatic carbocycles. The molecule has 0 saturated carbocycles. The van der Waals surface area contributed by atoms with Gasteiger partial charge in [0.25, 0.3) is 0 Å². The van der Waals surface area contributed by atoms with Gasteiger partial charge in [0.1, 0.15) is 5.25 Å². The molecule has 4 nitrogen and oxygen atoms in total. The van der Waals surface area contributed by atoms with E-state index < -0.39 is 15.3 Å². The van der Waals surface area contributed by atoms with Gasteiger partial charge in [-0.1, -0.05) is 43.4 Å². The van der Waals surface area contributed by atoms with Crippen LogP contribution in [0.4, 0.5) is 0 Å². The van der Waals surface area contributed by atoms with Crippen LogP contribution in [0, 0.1) is 0 Å². The summed E-state index contributed by atoms with van der Waals surface area (Å²) in [6.45, 7) is 1.77. The summed E-state index contributed by atoms with van der Waals surface area (Å²) in [5.41, 5.74) is 7.92. The standard InChI is InChI=1S/C13H18N2O2S2/c1-2-12(13(14)18)19(16,17)15-11-7-9-5-3-4-6-10(9)8-11/h3-6,11-12,15H,2,7-8H2,1H3,(H2,14,18). The van der Waals surface area contributed by atoms with Gasteiger partial charge in [0.15, 0.2) is 0 Å². The van der Waals surface area contributed by atoms with Crippen LogP contribution in [0.1, 0.15) is 24.5 Å². The fourth-order valence-electron chi connectivity index (χ4n) is 2.53. The molecule has 0 saturated heterocycles. The predicted octanol–water partition coefficient (Wildman–Crippen LogP) is 1.14. The van der Waals surface area contributed by atoms with Crippen molar-refractivity contribution in [2.75, 3.05) is 0 Å². The summed E-state index contributed by atoms with van der Waals surface area (Å²) in [6, 6.07) is 7.92. The minimum atomic E-state index is -3.49. The second-order valence-electron chi connectivity index (χ2n) is 4.84. The van der Waals surface area contributed by atoms with Gasteiger partial charge < -0.3 is 5.73 Å². The summed E-state index contributed by atoms with van der Waals surface area (Å²) in [5, 5.41) is -0.786. The van der Waals surface area contributed by atoms with Gasteiger partial charge in [0, 0.05) is 6.04 Å². The Hall–Kier alpha value is -0.980. The lowest BCUT2D eigenvalue weighted by Crippen LogP contribution is -2.46. The molecule has 104 valence electrons. The van der Waals surface area contributed by atoms with Gasteiger partial charge in [0.05, 0.1) is 4.99 Å². The molecule has 0 heterocycles. The summed E-state index contributed by atoms with van der Waals surface area (Å²) in [7, 11) is -3.49. The number of rotatable bonds is 5. The Morgan fingerprint density at radius 2 is 1.95 bits per heavy atom. The van der Waals surface area contributed by atoms with Crippen molar-refractivity contribution in [2.24, 2.45) is 5.73 Å². The minimum Gasteiger partial charge on any atom is -0.392 e. The Morgan fingerprint density at radius 3 is 2.37 bits per heavy atom. The zero-order valence-corrected chi connectivity index (χ0v) is 12.4. The smallest absolute Gasteiger partial charge is 0.221 e. The summed E-state index contributed by atoms with van der Waals surface area (Å²) in [5.74, 6) is 0. The first-order chi connectivity index (χ1) is 8.94. The summed E-state index contributed by atoms with van der Waals surface area (Å²) in [4.78, 5) is 0.0329. The molecule has 1 atom stereocenters. The third kappa shape index (κ3) is 3.13. The van der Waals surface area contributed by atoms with Gasteiger partial charge in [-0.05, 0) is 30.4 Å². The molecule has 0 amide bonds. The van der Waals surface area contributed by atoms with Crippen molar-refractivity contribution in [3.05, 3.63) is 35.4 Å². The molecule has 1 aromatic carbocycles. The molecule has 0 aromatic heterocycles. The molecule has 0 bridgehead atoms. The molecule has 1 unspecified atom stereocenters. The van der Waals surface area contributed by atoms with Crippen molar-refractivity contribution in [3.63, 3.8) is 0 Å². The van der Waals surface area contributed by atoms with Gasteiger partial charge in [-0.15, -0.1) is 0 Å². The highest BCUT2D eigenvalue weighted by molar-refractivity contribution is 7.93. The number of sulfonamides is 1. The number of hydrogen-bond acceptors (Lipinski definition) is 3. The molecule has 1 aliphatic rings. The zero-order chi connectivity index (χ0) is 14.0. The van der Waals surface area contributed by atoms with E-state index in [4.69, 9.17) is 18.0 Å². The largest absolute Gasteiger partial charge is 0.392 e. The molecule has 0 radical (unpaired) electrons. The van der Waals surface area contributed by atoms with Crippen molar-refractivity contribution >= 4 is 27.2 Å². The lowest BCUT2D eigenvalue weighted by molar-refractivity contribution is 0.549. The first kappa shape index (κ1) is 14.4. The molecule has 0 aliphatic heterocycles. The van der Waals surface area contributed by atoms with Gasteiger partial charge in [0.2, 0.25) is 10.0 Å². The van der Waals surface area contributed by atoms with E-state index in [1.54, 1.807) is 6.92 Å². The molecule has 6 heteroatoms. The quantitative estimate of drug-likeness (QED) is 0.800. The van der Waals surface area contributed by atoms with Crippen LogP contribution in [0.15, 0.2) is 24.3 Å². The molecule has 1 aromatic rings. The SMILES string of the molecule is CCC(C(N)=S)S(=O)(=O)NC1Cc2ccccc2C1. The number of fused-ring (bicyclic) bond motifs is 1.